The molecule has 10 nitrogen and oxygen atoms in total. The van der Waals surface area contributed by atoms with Crippen molar-refractivity contribution >= 4 is 6.16 Å². The number of aliphatic hydroxyl groups excluding tert-OH is 2. The summed E-state index contributed by atoms with van der Waals surface area (Å²) in [5, 5.41) is 27.9. The molecule has 1 aromatic heterocycles. The summed E-state index contributed by atoms with van der Waals surface area (Å²) in [5.74, 6) is 0. The van der Waals surface area contributed by atoms with Gasteiger partial charge in [0.1, 0.15) is 24.9 Å². The molecule has 2 heterocycles. The summed E-state index contributed by atoms with van der Waals surface area (Å²) < 4.78 is 10.3. The number of carboxylic acid groups (broad SMARTS) is 1. The summed E-state index contributed by atoms with van der Waals surface area (Å²) in [6.07, 6.45) is -5.73. The van der Waals surface area contributed by atoms with Crippen LogP contribution in [-0.4, -0.2) is 55.9 Å². The maximum atomic E-state index is 11.6. The maximum Gasteiger partial charge on any atom is 0.505 e. The molecule has 4 atom stereocenters. The van der Waals surface area contributed by atoms with E-state index in [2.05, 4.69) is 4.74 Å². The zero-order valence-corrected chi connectivity index (χ0v) is 10.0. The lowest BCUT2D eigenvalue weighted by Gasteiger charge is -2.16. The number of aromatic amines is 1. The number of aromatic nitrogens is 2. The monoisotopic (exact) mass is 288 g/mol. The molecule has 0 saturated carbocycles. The van der Waals surface area contributed by atoms with Crippen molar-refractivity contribution in [3.05, 3.63) is 33.1 Å². The largest absolute Gasteiger partial charge is 0.505 e. The van der Waals surface area contributed by atoms with E-state index < -0.39 is 48.6 Å². The number of rotatable bonds is 3. The Morgan fingerprint density at radius 2 is 2.10 bits per heavy atom. The van der Waals surface area contributed by atoms with Gasteiger partial charge in [-0.3, -0.25) is 14.3 Å². The third kappa shape index (κ3) is 2.71. The summed E-state index contributed by atoms with van der Waals surface area (Å²) in [4.78, 5) is 34.7. The molecule has 20 heavy (non-hydrogen) atoms. The van der Waals surface area contributed by atoms with Crippen molar-refractivity contribution in [1.82, 2.24) is 9.55 Å². The minimum absolute atomic E-state index is 0.498. The third-order valence-corrected chi connectivity index (χ3v) is 2.83. The summed E-state index contributed by atoms with van der Waals surface area (Å²) in [6, 6.07) is 1.05. The van der Waals surface area contributed by atoms with Crippen LogP contribution in [0, 0.1) is 0 Å². The molecule has 1 fully saturated rings. The zero-order chi connectivity index (χ0) is 14.9. The van der Waals surface area contributed by atoms with E-state index in [1.54, 1.807) is 0 Å². The fraction of sp³-hybridized carbons (Fsp3) is 0.500. The zero-order valence-electron chi connectivity index (χ0n) is 10.0. The number of carbonyl (C=O) groups is 1. The average Bonchev–Trinajstić information content (AvgIpc) is 2.64. The second kappa shape index (κ2) is 5.45. The first-order chi connectivity index (χ1) is 9.40. The van der Waals surface area contributed by atoms with E-state index in [1.165, 1.54) is 0 Å². The summed E-state index contributed by atoms with van der Waals surface area (Å²) >= 11 is 0. The average molecular weight is 288 g/mol. The molecule has 2 rings (SSSR count). The number of H-pyrrole nitrogens is 1. The number of nitrogens with one attached hydrogen (secondary N) is 1. The first-order valence-corrected chi connectivity index (χ1v) is 5.59. The van der Waals surface area contributed by atoms with Crippen molar-refractivity contribution in [1.29, 1.82) is 0 Å². The molecular formula is C10H12N2O8. The third-order valence-electron chi connectivity index (χ3n) is 2.83. The van der Waals surface area contributed by atoms with Gasteiger partial charge in [-0.05, 0) is 0 Å². The Bertz CT molecular complexity index is 608. The fourth-order valence-corrected chi connectivity index (χ4v) is 1.88. The Labute approximate surface area is 110 Å². The number of nitrogens with zero attached hydrogens (tertiary/aromatic N) is 1. The van der Waals surface area contributed by atoms with Crippen LogP contribution in [0.25, 0.3) is 0 Å². The molecule has 0 bridgehead atoms. The highest BCUT2D eigenvalue weighted by molar-refractivity contribution is 5.56. The summed E-state index contributed by atoms with van der Waals surface area (Å²) in [5.41, 5.74) is -1.45. The first-order valence-electron chi connectivity index (χ1n) is 5.59. The number of hydrogen-bond acceptors (Lipinski definition) is 7. The number of ether oxygens (including phenoxy) is 2. The van der Waals surface area contributed by atoms with E-state index >= 15 is 0 Å². The SMILES string of the molecule is O=C(O)OC[C@H]1O[C@@H](n2ccc(=O)[nH]c2=O)[C@H](O)[C@@H]1O. The van der Waals surface area contributed by atoms with Crippen LogP contribution in [0.1, 0.15) is 6.23 Å². The molecular weight excluding hydrogens is 276 g/mol. The van der Waals surface area contributed by atoms with Gasteiger partial charge in [-0.2, -0.15) is 0 Å². The van der Waals surface area contributed by atoms with Crippen LogP contribution in [0.4, 0.5) is 4.79 Å². The standard InChI is InChI=1S/C10H12N2O8/c13-5-1-2-12(9(16)11-5)8-7(15)6(14)4(20-8)3-19-10(17)18/h1-2,4,6-8,14-15H,3H2,(H,17,18)(H,11,13,16)/t4-,6-,7-,8-/m1/s1. The van der Waals surface area contributed by atoms with Crippen LogP contribution in [-0.2, 0) is 9.47 Å². The van der Waals surface area contributed by atoms with Crippen LogP contribution in [0.3, 0.4) is 0 Å². The van der Waals surface area contributed by atoms with Gasteiger partial charge >= 0.3 is 11.8 Å². The van der Waals surface area contributed by atoms with Gasteiger partial charge < -0.3 is 24.8 Å². The second-order valence-electron chi connectivity index (χ2n) is 4.14. The van der Waals surface area contributed by atoms with Gasteiger partial charge in [0, 0.05) is 12.3 Å². The van der Waals surface area contributed by atoms with Crippen LogP contribution < -0.4 is 11.2 Å². The highest BCUT2D eigenvalue weighted by Crippen LogP contribution is 2.28. The van der Waals surface area contributed by atoms with E-state index in [1.807, 2.05) is 4.98 Å². The lowest BCUT2D eigenvalue weighted by Crippen LogP contribution is -2.37. The number of hydrogen-bond donors (Lipinski definition) is 4. The van der Waals surface area contributed by atoms with Crippen molar-refractivity contribution in [2.45, 2.75) is 24.5 Å². The van der Waals surface area contributed by atoms with E-state index in [9.17, 15) is 24.6 Å². The second-order valence-corrected chi connectivity index (χ2v) is 4.14. The van der Waals surface area contributed by atoms with Gasteiger partial charge in [0.2, 0.25) is 0 Å². The molecule has 1 aliphatic heterocycles. The molecule has 1 aromatic rings. The first kappa shape index (κ1) is 14.2. The summed E-state index contributed by atoms with van der Waals surface area (Å²) in [6.45, 7) is -0.498. The molecule has 0 aromatic carbocycles. The van der Waals surface area contributed by atoms with Crippen LogP contribution >= 0.6 is 0 Å². The molecule has 0 aliphatic carbocycles. The van der Waals surface area contributed by atoms with E-state index in [-0.39, 0.29) is 0 Å². The van der Waals surface area contributed by atoms with Crippen LogP contribution in [0.15, 0.2) is 21.9 Å². The Morgan fingerprint density at radius 1 is 1.40 bits per heavy atom. The van der Waals surface area contributed by atoms with Gasteiger partial charge in [-0.1, -0.05) is 0 Å². The quantitative estimate of drug-likeness (QED) is 0.459. The molecule has 10 heteroatoms. The highest BCUT2D eigenvalue weighted by atomic mass is 16.7. The van der Waals surface area contributed by atoms with Crippen molar-refractivity contribution < 1.29 is 29.6 Å². The van der Waals surface area contributed by atoms with Crippen molar-refractivity contribution in [2.75, 3.05) is 6.61 Å². The van der Waals surface area contributed by atoms with Crippen molar-refractivity contribution in [3.8, 4) is 0 Å². The molecule has 1 saturated heterocycles. The van der Waals surface area contributed by atoms with Crippen LogP contribution in [0.2, 0.25) is 0 Å². The lowest BCUT2D eigenvalue weighted by molar-refractivity contribution is -0.0612. The van der Waals surface area contributed by atoms with Crippen molar-refractivity contribution in [3.63, 3.8) is 0 Å². The van der Waals surface area contributed by atoms with Gasteiger partial charge in [-0.15, -0.1) is 0 Å². The Hall–Kier alpha value is -2.17. The molecule has 0 spiro atoms. The number of aliphatic hydroxyl groups is 2. The summed E-state index contributed by atoms with van der Waals surface area (Å²) in [7, 11) is 0. The van der Waals surface area contributed by atoms with Gasteiger partial charge in [0.25, 0.3) is 5.56 Å². The Kier molecular flexibility index (Phi) is 3.88. The predicted molar refractivity (Wildman–Crippen MR) is 61.2 cm³/mol. The fourth-order valence-electron chi connectivity index (χ4n) is 1.88. The van der Waals surface area contributed by atoms with Crippen LogP contribution in [0.5, 0.6) is 0 Å². The predicted octanol–water partition coefficient (Wildman–Crippen LogP) is -2.15. The maximum absolute atomic E-state index is 11.6. The van der Waals surface area contributed by atoms with E-state index in [0.717, 1.165) is 16.8 Å². The minimum Gasteiger partial charge on any atom is -0.450 e. The smallest absolute Gasteiger partial charge is 0.450 e. The van der Waals surface area contributed by atoms with Crippen molar-refractivity contribution in [2.24, 2.45) is 0 Å². The molecule has 110 valence electrons. The van der Waals surface area contributed by atoms with E-state index in [4.69, 9.17) is 9.84 Å². The molecule has 0 radical (unpaired) electrons. The van der Waals surface area contributed by atoms with Gasteiger partial charge in [0.05, 0.1) is 0 Å². The molecule has 0 unspecified atom stereocenters. The minimum atomic E-state index is -1.56. The molecule has 4 N–H and O–H groups in total. The molecule has 0 amide bonds. The Morgan fingerprint density at radius 3 is 2.70 bits per heavy atom. The molecule has 1 aliphatic rings. The van der Waals surface area contributed by atoms with Gasteiger partial charge in [-0.25, -0.2) is 9.59 Å². The Balaban J connectivity index is 2.19. The highest BCUT2D eigenvalue weighted by Gasteiger charge is 2.44. The normalized spacial score (nSPS) is 29.3. The van der Waals surface area contributed by atoms with E-state index in [0.29, 0.717) is 0 Å². The topological polar surface area (TPSA) is 151 Å². The lowest BCUT2D eigenvalue weighted by atomic mass is 10.1. The van der Waals surface area contributed by atoms with Gasteiger partial charge in [0.15, 0.2) is 6.23 Å².